The smallest absolute Gasteiger partial charge is 0.271 e. The summed E-state index contributed by atoms with van der Waals surface area (Å²) in [5.74, 6) is 0.706. The van der Waals surface area contributed by atoms with Crippen molar-refractivity contribution >= 4 is 50.8 Å². The number of aryl methyl sites for hydroxylation is 1. The highest BCUT2D eigenvalue weighted by molar-refractivity contribution is 7.94. The van der Waals surface area contributed by atoms with Gasteiger partial charge in [-0.3, -0.25) is 9.52 Å². The first kappa shape index (κ1) is 22.6. The Kier molecular flexibility index (Phi) is 7.13. The summed E-state index contributed by atoms with van der Waals surface area (Å²) in [6.45, 7) is 5.74. The molecule has 0 aliphatic carbocycles. The molecule has 0 atom stereocenters. The molecule has 2 N–H and O–H groups in total. The highest BCUT2D eigenvalue weighted by Gasteiger charge is 2.19. The van der Waals surface area contributed by atoms with Crippen LogP contribution in [0.15, 0.2) is 45.1 Å². The average Bonchev–Trinajstić information content (AvgIpc) is 3.36. The number of nitrogens with one attached hydrogen (secondary N) is 2. The van der Waals surface area contributed by atoms with Crippen LogP contribution in [0.4, 0.5) is 11.4 Å². The molecule has 0 unspecified atom stereocenters. The van der Waals surface area contributed by atoms with Crippen LogP contribution in [0.1, 0.15) is 36.6 Å². The van der Waals surface area contributed by atoms with Crippen molar-refractivity contribution in [3.05, 3.63) is 52.7 Å². The van der Waals surface area contributed by atoms with Gasteiger partial charge in [0.05, 0.1) is 12.3 Å². The second kappa shape index (κ2) is 9.80. The molecular formula is C21H23N3O5S2. The van der Waals surface area contributed by atoms with Gasteiger partial charge >= 0.3 is 0 Å². The van der Waals surface area contributed by atoms with Crippen LogP contribution in [0.3, 0.4) is 0 Å². The van der Waals surface area contributed by atoms with Crippen LogP contribution >= 0.6 is 11.3 Å². The van der Waals surface area contributed by atoms with Crippen LogP contribution in [-0.4, -0.2) is 26.1 Å². The van der Waals surface area contributed by atoms with Crippen molar-refractivity contribution in [3.63, 3.8) is 0 Å². The normalized spacial score (nSPS) is 11.6. The number of amides is 1. The molecule has 0 saturated heterocycles. The summed E-state index contributed by atoms with van der Waals surface area (Å²) in [6, 6.07) is 10.1. The highest BCUT2D eigenvalue weighted by atomic mass is 32.2. The number of ether oxygens (including phenoxy) is 1. The monoisotopic (exact) mass is 461 g/mol. The Morgan fingerprint density at radius 1 is 1.19 bits per heavy atom. The summed E-state index contributed by atoms with van der Waals surface area (Å²) in [5, 5.41) is 6.63. The molecule has 0 aliphatic heterocycles. The number of hydrogen-bond acceptors (Lipinski definition) is 7. The van der Waals surface area contributed by atoms with Crippen LogP contribution in [0.25, 0.3) is 12.2 Å². The molecule has 0 fully saturated rings. The van der Waals surface area contributed by atoms with E-state index in [4.69, 9.17) is 9.26 Å². The Morgan fingerprint density at radius 3 is 2.71 bits per heavy atom. The minimum Gasteiger partial charge on any atom is -0.492 e. The van der Waals surface area contributed by atoms with Crippen LogP contribution in [-0.2, 0) is 14.8 Å². The Balaban J connectivity index is 1.78. The summed E-state index contributed by atoms with van der Waals surface area (Å²) in [5.41, 5.74) is 1.44. The van der Waals surface area contributed by atoms with Crippen LogP contribution in [0.5, 0.6) is 5.75 Å². The van der Waals surface area contributed by atoms with E-state index in [9.17, 15) is 13.2 Å². The van der Waals surface area contributed by atoms with Crippen molar-refractivity contribution in [3.8, 4) is 5.75 Å². The second-order valence-corrected chi connectivity index (χ2v) is 9.46. The molecule has 3 rings (SSSR count). The predicted octanol–water partition coefficient (Wildman–Crippen LogP) is 4.76. The Labute approximate surface area is 185 Å². The van der Waals surface area contributed by atoms with Gasteiger partial charge in [0.15, 0.2) is 5.76 Å². The van der Waals surface area contributed by atoms with E-state index in [-0.39, 0.29) is 10.1 Å². The molecule has 1 aromatic carbocycles. The van der Waals surface area contributed by atoms with Crippen LogP contribution < -0.4 is 14.8 Å². The number of hydrogen-bond donors (Lipinski definition) is 2. The fraction of sp³-hybridized carbons (Fsp3) is 0.238. The molecule has 3 aromatic rings. The Morgan fingerprint density at radius 2 is 1.97 bits per heavy atom. The molecule has 2 aromatic heterocycles. The first-order chi connectivity index (χ1) is 14.8. The van der Waals surface area contributed by atoms with E-state index in [1.165, 1.54) is 6.07 Å². The number of thiophene rings is 1. The molecule has 8 nitrogen and oxygen atoms in total. The van der Waals surface area contributed by atoms with Gasteiger partial charge in [-0.1, -0.05) is 24.2 Å². The van der Waals surface area contributed by atoms with Gasteiger partial charge in [0.1, 0.15) is 21.3 Å². The Bertz CT molecular complexity index is 1200. The zero-order chi connectivity index (χ0) is 22.4. The number of benzene rings is 1. The summed E-state index contributed by atoms with van der Waals surface area (Å²) < 4.78 is 39.1. The zero-order valence-corrected chi connectivity index (χ0v) is 19.0. The topological polar surface area (TPSA) is 111 Å². The largest absolute Gasteiger partial charge is 0.492 e. The maximum Gasteiger partial charge on any atom is 0.271 e. The quantitative estimate of drug-likeness (QED) is 0.475. The fourth-order valence-corrected chi connectivity index (χ4v) is 4.93. The molecule has 10 heteroatoms. The standard InChI is InChI=1S/C21H23N3O5S2/c1-4-19(25)22-21-14(3)23-29-18(21)12-10-15-11-13-20(30-15)31(26,27)24-16-8-6-7-9-17(16)28-5-2/h6-13,24H,4-5H2,1-3H3,(H,22,25). The molecule has 2 heterocycles. The third-order valence-electron chi connectivity index (χ3n) is 4.17. The molecular weight excluding hydrogens is 438 g/mol. The maximum atomic E-state index is 12.8. The van der Waals surface area contributed by atoms with Gasteiger partial charge in [0.25, 0.3) is 10.0 Å². The van der Waals surface area contributed by atoms with Crippen molar-refractivity contribution < 1.29 is 22.5 Å². The molecule has 0 aliphatic rings. The third kappa shape index (κ3) is 5.53. The van der Waals surface area contributed by atoms with Crippen molar-refractivity contribution in [2.45, 2.75) is 31.4 Å². The van der Waals surface area contributed by atoms with E-state index in [0.717, 1.165) is 11.3 Å². The molecule has 0 saturated carbocycles. The number of aromatic nitrogens is 1. The van der Waals surface area contributed by atoms with E-state index in [2.05, 4.69) is 15.2 Å². The van der Waals surface area contributed by atoms with Crippen molar-refractivity contribution in [2.75, 3.05) is 16.6 Å². The lowest BCUT2D eigenvalue weighted by Crippen LogP contribution is -2.12. The van der Waals surface area contributed by atoms with E-state index in [1.807, 2.05) is 6.92 Å². The van der Waals surface area contributed by atoms with Crippen molar-refractivity contribution in [1.82, 2.24) is 5.16 Å². The number of nitrogens with zero attached hydrogens (tertiary/aromatic N) is 1. The van der Waals surface area contributed by atoms with Gasteiger partial charge < -0.3 is 14.6 Å². The molecule has 0 bridgehead atoms. The van der Waals surface area contributed by atoms with E-state index >= 15 is 0 Å². The molecule has 164 valence electrons. The lowest BCUT2D eigenvalue weighted by atomic mass is 10.2. The SMILES string of the molecule is CCOc1ccccc1NS(=O)(=O)c1ccc(C=Cc2onc(C)c2NC(=O)CC)s1. The average molecular weight is 462 g/mol. The van der Waals surface area contributed by atoms with Gasteiger partial charge in [-0.15, -0.1) is 11.3 Å². The van der Waals surface area contributed by atoms with Crippen LogP contribution in [0, 0.1) is 6.92 Å². The predicted molar refractivity (Wildman–Crippen MR) is 122 cm³/mol. The van der Waals surface area contributed by atoms with E-state index in [1.54, 1.807) is 56.3 Å². The number of rotatable bonds is 9. The number of para-hydroxylation sites is 2. The summed E-state index contributed by atoms with van der Waals surface area (Å²) in [4.78, 5) is 12.4. The van der Waals surface area contributed by atoms with Gasteiger partial charge in [0, 0.05) is 11.3 Å². The van der Waals surface area contributed by atoms with Crippen molar-refractivity contribution in [2.24, 2.45) is 0 Å². The van der Waals surface area contributed by atoms with Gasteiger partial charge in [0.2, 0.25) is 5.91 Å². The van der Waals surface area contributed by atoms with Gasteiger partial charge in [-0.2, -0.15) is 0 Å². The molecule has 0 radical (unpaired) electrons. The van der Waals surface area contributed by atoms with E-state index in [0.29, 0.717) is 46.5 Å². The lowest BCUT2D eigenvalue weighted by Gasteiger charge is -2.11. The first-order valence-electron chi connectivity index (χ1n) is 9.62. The zero-order valence-electron chi connectivity index (χ0n) is 17.3. The minimum atomic E-state index is -3.78. The summed E-state index contributed by atoms with van der Waals surface area (Å²) >= 11 is 1.10. The van der Waals surface area contributed by atoms with Gasteiger partial charge in [-0.25, -0.2) is 8.42 Å². The summed E-state index contributed by atoms with van der Waals surface area (Å²) in [7, 11) is -3.78. The fourth-order valence-electron chi connectivity index (χ4n) is 2.63. The van der Waals surface area contributed by atoms with Crippen molar-refractivity contribution in [1.29, 1.82) is 0 Å². The maximum absolute atomic E-state index is 12.8. The summed E-state index contributed by atoms with van der Waals surface area (Å²) in [6.07, 6.45) is 3.68. The Hall–Kier alpha value is -3.11. The van der Waals surface area contributed by atoms with E-state index < -0.39 is 10.0 Å². The first-order valence-corrected chi connectivity index (χ1v) is 11.9. The van der Waals surface area contributed by atoms with Gasteiger partial charge in [-0.05, 0) is 50.3 Å². The number of carbonyl (C=O) groups is 1. The molecule has 0 spiro atoms. The second-order valence-electron chi connectivity index (χ2n) is 6.43. The number of carbonyl (C=O) groups excluding carboxylic acids is 1. The minimum absolute atomic E-state index is 0.149. The lowest BCUT2D eigenvalue weighted by molar-refractivity contribution is -0.115. The highest BCUT2D eigenvalue weighted by Crippen LogP contribution is 2.30. The molecule has 1 amide bonds. The number of sulfonamides is 1. The number of anilines is 2. The van der Waals surface area contributed by atoms with Crippen LogP contribution in [0.2, 0.25) is 0 Å². The molecule has 31 heavy (non-hydrogen) atoms. The third-order valence-corrected chi connectivity index (χ3v) is 7.08.